The predicted octanol–water partition coefficient (Wildman–Crippen LogP) is 0.0598. The lowest BCUT2D eigenvalue weighted by atomic mass is 9.93. The third-order valence-corrected chi connectivity index (χ3v) is 4.17. The second kappa shape index (κ2) is 7.09. The van der Waals surface area contributed by atoms with Crippen molar-refractivity contribution in [3.63, 3.8) is 0 Å². The van der Waals surface area contributed by atoms with Crippen molar-refractivity contribution in [2.24, 2.45) is 0 Å². The van der Waals surface area contributed by atoms with E-state index >= 15 is 0 Å². The molecule has 3 N–H and O–H groups in total. The number of halogens is 1. The second-order valence-corrected chi connectivity index (χ2v) is 6.41. The normalized spacial score (nSPS) is 15.2. The lowest BCUT2D eigenvalue weighted by molar-refractivity contribution is -0.124. The van der Waals surface area contributed by atoms with E-state index in [4.69, 9.17) is 0 Å². The van der Waals surface area contributed by atoms with Crippen molar-refractivity contribution in [2.75, 3.05) is 19.6 Å². The van der Waals surface area contributed by atoms with Crippen LogP contribution in [-0.2, 0) is 11.2 Å². The molecule has 1 aliphatic rings. The van der Waals surface area contributed by atoms with E-state index < -0.39 is 5.60 Å². The number of nitrogens with one attached hydrogen (secondary N) is 2. The molecule has 1 aromatic carbocycles. The van der Waals surface area contributed by atoms with Crippen LogP contribution in [0.2, 0.25) is 0 Å². The van der Waals surface area contributed by atoms with E-state index in [0.717, 1.165) is 0 Å². The topological polar surface area (TPSA) is 102 Å². The Morgan fingerprint density at radius 2 is 1.92 bits per heavy atom. The summed E-state index contributed by atoms with van der Waals surface area (Å²) in [4.78, 5) is 39.2. The van der Waals surface area contributed by atoms with Crippen molar-refractivity contribution in [3.8, 4) is 0 Å². The van der Waals surface area contributed by atoms with Crippen LogP contribution in [0.3, 0.4) is 0 Å². The maximum Gasteiger partial charge on any atom is 0.254 e. The first kappa shape index (κ1) is 17.8. The number of carbonyl (C=O) groups excluding carboxylic acids is 2. The molecule has 2 aromatic rings. The fourth-order valence-corrected chi connectivity index (χ4v) is 2.79. The molecule has 8 heteroatoms. The molecular weight excluding hydrogens is 341 g/mol. The number of β-amino-alcohol motifs (C(OH)–C–C–N with tert-alkyl or cyclic N) is 1. The molecule has 7 nitrogen and oxygen atoms in total. The fourth-order valence-electron chi connectivity index (χ4n) is 2.79. The summed E-state index contributed by atoms with van der Waals surface area (Å²) in [5.74, 6) is -1.02. The highest BCUT2D eigenvalue weighted by atomic mass is 19.1. The highest BCUT2D eigenvalue weighted by Gasteiger charge is 2.44. The van der Waals surface area contributed by atoms with Gasteiger partial charge in [-0.3, -0.25) is 14.4 Å². The zero-order valence-corrected chi connectivity index (χ0v) is 13.9. The molecule has 0 aliphatic carbocycles. The number of rotatable bonds is 5. The average Bonchev–Trinajstić information content (AvgIpc) is 2.59. The quantitative estimate of drug-likeness (QED) is 0.702. The smallest absolute Gasteiger partial charge is 0.254 e. The number of H-pyrrole nitrogens is 1. The monoisotopic (exact) mass is 359 g/mol. The first-order valence-electron chi connectivity index (χ1n) is 8.06. The van der Waals surface area contributed by atoms with Gasteiger partial charge in [-0.25, -0.2) is 4.39 Å². The van der Waals surface area contributed by atoms with Crippen LogP contribution in [0.1, 0.15) is 15.9 Å². The summed E-state index contributed by atoms with van der Waals surface area (Å²) in [6.45, 7) is 0.136. The van der Waals surface area contributed by atoms with Crippen LogP contribution < -0.4 is 10.9 Å². The van der Waals surface area contributed by atoms with E-state index in [2.05, 4.69) is 10.3 Å². The van der Waals surface area contributed by atoms with E-state index in [1.165, 1.54) is 47.5 Å². The predicted molar refractivity (Wildman–Crippen MR) is 91.0 cm³/mol. The van der Waals surface area contributed by atoms with Gasteiger partial charge in [-0.05, 0) is 23.8 Å². The molecule has 2 heterocycles. The number of carbonyl (C=O) groups is 2. The minimum absolute atomic E-state index is 0.00613. The molecule has 0 radical (unpaired) electrons. The van der Waals surface area contributed by atoms with Gasteiger partial charge in [0.1, 0.15) is 11.4 Å². The van der Waals surface area contributed by atoms with Crippen molar-refractivity contribution in [3.05, 3.63) is 69.9 Å². The summed E-state index contributed by atoms with van der Waals surface area (Å²) >= 11 is 0. The second-order valence-electron chi connectivity index (χ2n) is 6.41. The average molecular weight is 359 g/mol. The summed E-state index contributed by atoms with van der Waals surface area (Å²) in [6.07, 6.45) is 1.46. The minimum Gasteiger partial charge on any atom is -0.384 e. The standard InChI is InChI=1S/C18H18FN3O4/c19-14-3-1-12(2-4-14)7-15(23)21-9-18(26)10-22(11-18)17(25)13-5-6-20-16(24)8-13/h1-6,8,26H,7,9-11H2,(H,20,24)(H,21,23). The number of likely N-dealkylation sites (tertiary alicyclic amines) is 1. The van der Waals surface area contributed by atoms with Gasteiger partial charge < -0.3 is 20.3 Å². The van der Waals surface area contributed by atoms with E-state index in [1.807, 2.05) is 0 Å². The van der Waals surface area contributed by atoms with Crippen molar-refractivity contribution < 1.29 is 19.1 Å². The molecular formula is C18H18FN3O4. The summed E-state index contributed by atoms with van der Waals surface area (Å²) in [5, 5.41) is 13.0. The molecule has 3 rings (SSSR count). The molecule has 26 heavy (non-hydrogen) atoms. The molecule has 1 aromatic heterocycles. The SMILES string of the molecule is O=C(Cc1ccc(F)cc1)NCC1(O)CN(C(=O)c2cc[nH]c(=O)c2)C1. The van der Waals surface area contributed by atoms with Crippen molar-refractivity contribution in [1.29, 1.82) is 0 Å². The van der Waals surface area contributed by atoms with E-state index in [1.54, 1.807) is 0 Å². The number of benzene rings is 1. The highest BCUT2D eigenvalue weighted by molar-refractivity contribution is 5.94. The van der Waals surface area contributed by atoms with Gasteiger partial charge >= 0.3 is 0 Å². The van der Waals surface area contributed by atoms with Gasteiger partial charge in [0.25, 0.3) is 5.91 Å². The van der Waals surface area contributed by atoms with Crippen LogP contribution in [0.25, 0.3) is 0 Å². The minimum atomic E-state index is -1.20. The molecule has 0 unspecified atom stereocenters. The van der Waals surface area contributed by atoms with Gasteiger partial charge in [0.05, 0.1) is 19.5 Å². The molecule has 0 atom stereocenters. The zero-order valence-electron chi connectivity index (χ0n) is 13.9. The number of aromatic amines is 1. The number of aromatic nitrogens is 1. The maximum absolute atomic E-state index is 12.8. The van der Waals surface area contributed by atoms with Gasteiger partial charge in [0.2, 0.25) is 11.5 Å². The molecule has 0 bridgehead atoms. The lowest BCUT2D eigenvalue weighted by Crippen LogP contribution is -2.67. The number of hydrogen-bond donors (Lipinski definition) is 3. The maximum atomic E-state index is 12.8. The Morgan fingerprint density at radius 1 is 1.23 bits per heavy atom. The molecule has 2 amide bonds. The van der Waals surface area contributed by atoms with Crippen molar-refractivity contribution in [1.82, 2.24) is 15.2 Å². The Morgan fingerprint density at radius 3 is 2.58 bits per heavy atom. The number of nitrogens with zero attached hydrogens (tertiary/aromatic N) is 1. The Balaban J connectivity index is 1.48. The molecule has 0 spiro atoms. The van der Waals surface area contributed by atoms with Crippen LogP contribution in [0.15, 0.2) is 47.4 Å². The summed E-state index contributed by atoms with van der Waals surface area (Å²) < 4.78 is 12.8. The highest BCUT2D eigenvalue weighted by Crippen LogP contribution is 2.22. The largest absolute Gasteiger partial charge is 0.384 e. The van der Waals surface area contributed by atoms with Crippen LogP contribution in [0.5, 0.6) is 0 Å². The number of aliphatic hydroxyl groups is 1. The number of amides is 2. The molecule has 1 saturated heterocycles. The fraction of sp³-hybridized carbons (Fsp3) is 0.278. The van der Waals surface area contributed by atoms with E-state index in [0.29, 0.717) is 5.56 Å². The van der Waals surface area contributed by atoms with Gasteiger partial charge in [-0.15, -0.1) is 0 Å². The van der Waals surface area contributed by atoms with Crippen LogP contribution in [0, 0.1) is 5.82 Å². The Bertz CT molecular complexity index is 873. The number of hydrogen-bond acceptors (Lipinski definition) is 4. The van der Waals surface area contributed by atoms with E-state index in [9.17, 15) is 23.9 Å². The Labute approximate surface area is 148 Å². The third kappa shape index (κ3) is 4.15. The molecule has 1 fully saturated rings. The van der Waals surface area contributed by atoms with Crippen molar-refractivity contribution >= 4 is 11.8 Å². The van der Waals surface area contributed by atoms with E-state index in [-0.39, 0.29) is 54.8 Å². The van der Waals surface area contributed by atoms with Crippen LogP contribution >= 0.6 is 0 Å². The first-order chi connectivity index (χ1) is 12.3. The van der Waals surface area contributed by atoms with Crippen LogP contribution in [0.4, 0.5) is 4.39 Å². The Kier molecular flexibility index (Phi) is 4.85. The zero-order chi connectivity index (χ0) is 18.7. The van der Waals surface area contributed by atoms with Gasteiger partial charge in [0.15, 0.2) is 0 Å². The lowest BCUT2D eigenvalue weighted by Gasteiger charge is -2.46. The molecule has 1 aliphatic heterocycles. The van der Waals surface area contributed by atoms with Gasteiger partial charge in [-0.1, -0.05) is 12.1 Å². The van der Waals surface area contributed by atoms with Gasteiger partial charge in [0, 0.05) is 24.4 Å². The molecule has 0 saturated carbocycles. The number of pyridine rings is 1. The van der Waals surface area contributed by atoms with Crippen LogP contribution in [-0.4, -0.2) is 52.0 Å². The summed E-state index contributed by atoms with van der Waals surface area (Å²) in [7, 11) is 0. The van der Waals surface area contributed by atoms with Crippen molar-refractivity contribution in [2.45, 2.75) is 12.0 Å². The third-order valence-electron chi connectivity index (χ3n) is 4.17. The summed E-state index contributed by atoms with van der Waals surface area (Å²) in [6, 6.07) is 8.29. The Hall–Kier alpha value is -3.00. The van der Waals surface area contributed by atoms with Gasteiger partial charge in [-0.2, -0.15) is 0 Å². The first-order valence-corrected chi connectivity index (χ1v) is 8.06. The summed E-state index contributed by atoms with van der Waals surface area (Å²) in [5.41, 5.74) is -0.665. The molecule has 136 valence electrons.